The molecule has 0 saturated heterocycles. The number of aliphatic hydroxyl groups is 1. The number of nitrogens with zero attached hydrogens (tertiary/aromatic N) is 1. The Morgan fingerprint density at radius 3 is 2.29 bits per heavy atom. The molecule has 286 valence electrons. The van der Waals surface area contributed by atoms with E-state index in [9.17, 15) is 39.3 Å². The van der Waals surface area contributed by atoms with E-state index >= 15 is 0 Å². The largest absolute Gasteiger partial charge is 0.507 e. The first-order chi connectivity index (χ1) is 24.9. The molecule has 2 aromatic rings. The molecule has 4 bridgehead atoms. The Balaban J connectivity index is 1.90. The molecule has 2 aromatic carbocycles. The van der Waals surface area contributed by atoms with Crippen molar-refractivity contribution in [1.29, 1.82) is 0 Å². The minimum absolute atomic E-state index is 0.0544. The number of nitrogens with one attached hydrogen (secondary N) is 4. The van der Waals surface area contributed by atoms with Gasteiger partial charge in [0.2, 0.25) is 29.5 Å². The minimum Gasteiger partial charge on any atom is -0.507 e. The van der Waals surface area contributed by atoms with E-state index in [1.54, 1.807) is 12.1 Å². The number of hydrogen-bond acceptors (Lipinski definition) is 9. The van der Waals surface area contributed by atoms with Crippen LogP contribution in [-0.2, 0) is 30.4 Å². The van der Waals surface area contributed by atoms with Crippen LogP contribution in [0.25, 0.3) is 11.1 Å². The molecule has 14 heteroatoms. The number of fused-ring (bicyclic) bond motifs is 5. The summed E-state index contributed by atoms with van der Waals surface area (Å²) >= 11 is 0. The number of unbranched alkanes of at least 4 members (excludes halogenated alkanes) is 5. The molecule has 14 nitrogen and oxygen atoms in total. The van der Waals surface area contributed by atoms with Crippen LogP contribution < -0.4 is 27.0 Å². The Bertz CT molecular complexity index is 1530. The van der Waals surface area contributed by atoms with Gasteiger partial charge in [-0.3, -0.25) is 24.0 Å². The number of hydrogen-bond donors (Lipinski definition) is 8. The molecule has 0 fully saturated rings. The fourth-order valence-corrected chi connectivity index (χ4v) is 6.23. The van der Waals surface area contributed by atoms with Crippen LogP contribution in [0, 0.1) is 0 Å². The van der Waals surface area contributed by atoms with Crippen molar-refractivity contribution < 1.29 is 39.3 Å². The second-order valence-electron chi connectivity index (χ2n) is 13.5. The van der Waals surface area contributed by atoms with Gasteiger partial charge < -0.3 is 47.2 Å². The molecular formula is C38H56N6O8. The Morgan fingerprint density at radius 1 is 0.904 bits per heavy atom. The molecule has 0 aromatic heterocycles. The second kappa shape index (κ2) is 21.0. The number of aromatic hydroxyl groups is 2. The third-order valence-corrected chi connectivity index (χ3v) is 9.23. The zero-order chi connectivity index (χ0) is 38.2. The lowest BCUT2D eigenvalue weighted by atomic mass is 9.93. The van der Waals surface area contributed by atoms with Gasteiger partial charge in [0, 0.05) is 37.6 Å². The smallest absolute Gasteiger partial charge is 0.248 e. The lowest BCUT2D eigenvalue weighted by Gasteiger charge is -2.32. The summed E-state index contributed by atoms with van der Waals surface area (Å²) in [5.74, 6) is -2.79. The summed E-state index contributed by atoms with van der Waals surface area (Å²) in [4.78, 5) is 67.8. The monoisotopic (exact) mass is 724 g/mol. The molecule has 9 N–H and O–H groups in total. The van der Waals surface area contributed by atoms with E-state index < -0.39 is 54.4 Å². The number of likely N-dealkylation sites (N-methyl/N-ethyl adjacent to an activating group) is 1. The van der Waals surface area contributed by atoms with Crippen molar-refractivity contribution >= 4 is 29.5 Å². The number of carbonyl (C=O) groups excluding carboxylic acids is 5. The number of rotatable bonds is 17. The zero-order valence-corrected chi connectivity index (χ0v) is 30.6. The van der Waals surface area contributed by atoms with Gasteiger partial charge in [-0.2, -0.15) is 0 Å². The number of carbonyl (C=O) groups is 5. The summed E-state index contributed by atoms with van der Waals surface area (Å²) in [7, 11) is 1.41. The number of amides is 5. The molecule has 4 atom stereocenters. The molecule has 0 saturated carbocycles. The molecule has 0 aliphatic carbocycles. The SMILES string of the molecule is CCCCCCCC(=O)NCCC(=O)N[C@@H](CCCCN)C(=O)N(C)[C@@H]1C(=O)N[C@@H](C)C(=O)NC(CO)Cc2ccc(O)c(c2)-c2cc1ccc2O. The van der Waals surface area contributed by atoms with E-state index in [-0.39, 0.29) is 59.9 Å². The first kappa shape index (κ1) is 41.7. The normalized spacial score (nSPS) is 18.0. The minimum atomic E-state index is -1.34. The number of nitrogens with two attached hydrogens (primary N) is 1. The van der Waals surface area contributed by atoms with Gasteiger partial charge in [0.25, 0.3) is 0 Å². The van der Waals surface area contributed by atoms with E-state index in [0.29, 0.717) is 31.4 Å². The van der Waals surface area contributed by atoms with Gasteiger partial charge in [-0.05, 0) is 81.0 Å². The summed E-state index contributed by atoms with van der Waals surface area (Å²) in [5, 5.41) is 42.6. The molecule has 1 aliphatic heterocycles. The number of phenols is 2. The number of phenolic OH excluding ortho intramolecular Hbond substituents is 2. The molecule has 5 amide bonds. The maximum absolute atomic E-state index is 14.2. The van der Waals surface area contributed by atoms with Crippen molar-refractivity contribution in [1.82, 2.24) is 26.2 Å². The van der Waals surface area contributed by atoms with Crippen molar-refractivity contribution in [2.75, 3.05) is 26.7 Å². The van der Waals surface area contributed by atoms with Crippen molar-refractivity contribution in [2.24, 2.45) is 5.73 Å². The summed E-state index contributed by atoms with van der Waals surface area (Å²) in [6.45, 7) is 3.69. The highest BCUT2D eigenvalue weighted by atomic mass is 16.3. The van der Waals surface area contributed by atoms with Gasteiger partial charge >= 0.3 is 0 Å². The van der Waals surface area contributed by atoms with Crippen molar-refractivity contribution in [3.8, 4) is 22.6 Å². The highest BCUT2D eigenvalue weighted by Gasteiger charge is 2.35. The van der Waals surface area contributed by atoms with Gasteiger partial charge in [0.1, 0.15) is 29.6 Å². The standard InChI is InChI=1S/C38H56N6O8/c1-4-5-6-7-8-12-33(48)40-19-17-34(49)43-30(11-9-10-18-39)38(52)44(3)35-26-14-16-32(47)29(22-26)28-21-25(13-15-31(28)46)20-27(23-45)42-36(50)24(2)41-37(35)51/h13-16,21-22,24,27,30,35,45-47H,4-12,17-20,23,39H2,1-3H3,(H,40,48)(H,41,51)(H,42,50)(H,43,49)/t24-,27?,30-,35-/m0/s1. The number of aliphatic hydroxyl groups excluding tert-OH is 1. The van der Waals surface area contributed by atoms with Crippen LogP contribution in [-0.4, -0.2) is 94.6 Å². The summed E-state index contributed by atoms with van der Waals surface area (Å²) in [6, 6.07) is 4.88. The summed E-state index contributed by atoms with van der Waals surface area (Å²) < 4.78 is 0. The van der Waals surface area contributed by atoms with Crippen LogP contribution in [0.3, 0.4) is 0 Å². The van der Waals surface area contributed by atoms with Gasteiger partial charge in [-0.25, -0.2) is 0 Å². The van der Waals surface area contributed by atoms with Crippen molar-refractivity contribution in [3.05, 3.63) is 47.5 Å². The predicted molar refractivity (Wildman–Crippen MR) is 197 cm³/mol. The Morgan fingerprint density at radius 2 is 1.60 bits per heavy atom. The lowest BCUT2D eigenvalue weighted by Crippen LogP contribution is -2.54. The summed E-state index contributed by atoms with van der Waals surface area (Å²) in [6.07, 6.45) is 6.93. The average Bonchev–Trinajstić information content (AvgIpc) is 3.11. The maximum Gasteiger partial charge on any atom is 0.248 e. The lowest BCUT2D eigenvalue weighted by molar-refractivity contribution is -0.143. The van der Waals surface area contributed by atoms with Gasteiger partial charge in [0.05, 0.1) is 12.6 Å². The molecular weight excluding hydrogens is 668 g/mol. The fraction of sp³-hybridized carbons (Fsp3) is 0.553. The van der Waals surface area contributed by atoms with Gasteiger partial charge in [0.15, 0.2) is 0 Å². The topological polar surface area (TPSA) is 223 Å². The molecule has 3 rings (SSSR count). The highest BCUT2D eigenvalue weighted by Crippen LogP contribution is 2.38. The van der Waals surface area contributed by atoms with Gasteiger partial charge in [-0.1, -0.05) is 44.7 Å². The van der Waals surface area contributed by atoms with Crippen LogP contribution >= 0.6 is 0 Å². The zero-order valence-electron chi connectivity index (χ0n) is 30.6. The van der Waals surface area contributed by atoms with Crippen LogP contribution in [0.15, 0.2) is 36.4 Å². The van der Waals surface area contributed by atoms with Crippen molar-refractivity contribution in [2.45, 2.75) is 109 Å². The van der Waals surface area contributed by atoms with E-state index in [1.807, 2.05) is 0 Å². The maximum atomic E-state index is 14.2. The third-order valence-electron chi connectivity index (χ3n) is 9.23. The van der Waals surface area contributed by atoms with Crippen LogP contribution in [0.2, 0.25) is 0 Å². The molecule has 1 aliphatic rings. The number of benzene rings is 2. The molecule has 0 spiro atoms. The quantitative estimate of drug-likeness (QED) is 0.112. The van der Waals surface area contributed by atoms with Crippen LogP contribution in [0.5, 0.6) is 11.5 Å². The first-order valence-corrected chi connectivity index (χ1v) is 18.3. The highest BCUT2D eigenvalue weighted by molar-refractivity contribution is 5.95. The van der Waals surface area contributed by atoms with Crippen molar-refractivity contribution in [3.63, 3.8) is 0 Å². The predicted octanol–water partition coefficient (Wildman–Crippen LogP) is 2.28. The molecule has 1 unspecified atom stereocenters. The Kier molecular flexibility index (Phi) is 16.8. The van der Waals surface area contributed by atoms with E-state index in [4.69, 9.17) is 5.73 Å². The second-order valence-corrected chi connectivity index (χ2v) is 13.5. The van der Waals surface area contributed by atoms with E-state index in [0.717, 1.165) is 32.1 Å². The van der Waals surface area contributed by atoms with E-state index in [1.165, 1.54) is 43.1 Å². The molecule has 52 heavy (non-hydrogen) atoms. The average molecular weight is 725 g/mol. The Labute approximate surface area is 305 Å². The summed E-state index contributed by atoms with van der Waals surface area (Å²) in [5.41, 5.74) is 7.08. The van der Waals surface area contributed by atoms with Crippen LogP contribution in [0.4, 0.5) is 0 Å². The van der Waals surface area contributed by atoms with E-state index in [2.05, 4.69) is 28.2 Å². The first-order valence-electron chi connectivity index (χ1n) is 18.3. The molecule has 1 heterocycles. The fourth-order valence-electron chi connectivity index (χ4n) is 6.23. The van der Waals surface area contributed by atoms with Gasteiger partial charge in [-0.15, -0.1) is 0 Å². The van der Waals surface area contributed by atoms with Crippen LogP contribution in [0.1, 0.15) is 95.2 Å². The Hall–Kier alpha value is -4.69. The molecule has 0 radical (unpaired) electrons. The third kappa shape index (κ3) is 12.2.